The molecule has 0 N–H and O–H groups in total. The predicted molar refractivity (Wildman–Crippen MR) is 52.3 cm³/mol. The first-order valence-corrected chi connectivity index (χ1v) is 4.85. The first-order valence-electron chi connectivity index (χ1n) is 3.71. The van der Waals surface area contributed by atoms with Crippen molar-refractivity contribution in [3.8, 4) is 5.75 Å². The van der Waals surface area contributed by atoms with Gasteiger partial charge in [0, 0.05) is 6.07 Å². The summed E-state index contributed by atoms with van der Waals surface area (Å²) in [6.45, 7) is 0. The minimum Gasteiger partial charge on any atom is -0.445 e. The van der Waals surface area contributed by atoms with E-state index in [1.54, 1.807) is 0 Å². The van der Waals surface area contributed by atoms with Gasteiger partial charge in [0.25, 0.3) is 0 Å². The van der Waals surface area contributed by atoms with Crippen LogP contribution >= 0.6 is 34.8 Å². The third-order valence-corrected chi connectivity index (χ3v) is 1.66. The molecule has 0 atom stereocenters. The molecule has 0 spiro atoms. The fraction of sp³-hybridized carbons (Fsp3) is 0.250. The highest BCUT2D eigenvalue weighted by Gasteiger charge is 2.32. The van der Waals surface area contributed by atoms with Crippen LogP contribution in [0.3, 0.4) is 0 Å². The zero-order chi connectivity index (χ0) is 12.6. The van der Waals surface area contributed by atoms with Crippen molar-refractivity contribution in [3.05, 3.63) is 29.6 Å². The summed E-state index contributed by atoms with van der Waals surface area (Å²) >= 11 is 15.6. The maximum absolute atomic E-state index is 12.8. The number of alkyl halides is 6. The van der Waals surface area contributed by atoms with Crippen molar-refractivity contribution in [2.75, 3.05) is 0 Å². The van der Waals surface area contributed by atoms with Crippen LogP contribution in [0.1, 0.15) is 5.56 Å². The molecule has 0 aromatic heterocycles. The Hall–Kier alpha value is -0.390. The average molecular weight is 297 g/mol. The van der Waals surface area contributed by atoms with Gasteiger partial charge in [0.15, 0.2) is 0 Å². The summed E-state index contributed by atoms with van der Waals surface area (Å²) in [6, 6.07) is 1.52. The van der Waals surface area contributed by atoms with Gasteiger partial charge in [-0.2, -0.15) is 13.2 Å². The van der Waals surface area contributed by atoms with Crippen molar-refractivity contribution in [2.24, 2.45) is 0 Å². The SMILES string of the molecule is Fc1cc(OC(Cl)(Cl)Cl)cc(C(F)(F)F)c1. The summed E-state index contributed by atoms with van der Waals surface area (Å²) in [6.07, 6.45) is -4.70. The van der Waals surface area contributed by atoms with Gasteiger partial charge in [0.1, 0.15) is 11.6 Å². The van der Waals surface area contributed by atoms with Crippen LogP contribution in [-0.2, 0) is 6.18 Å². The fourth-order valence-corrected chi connectivity index (χ4v) is 1.19. The highest BCUT2D eigenvalue weighted by Crippen LogP contribution is 2.35. The normalized spacial score (nSPS) is 12.7. The first kappa shape index (κ1) is 13.7. The monoisotopic (exact) mass is 296 g/mol. The van der Waals surface area contributed by atoms with Gasteiger partial charge in [0.05, 0.1) is 5.56 Å². The van der Waals surface area contributed by atoms with E-state index in [1.807, 2.05) is 0 Å². The third-order valence-electron chi connectivity index (χ3n) is 1.43. The lowest BCUT2D eigenvalue weighted by atomic mass is 10.2. The number of ether oxygens (including phenoxy) is 1. The van der Waals surface area contributed by atoms with Crippen molar-refractivity contribution in [1.82, 2.24) is 0 Å². The molecule has 1 nitrogen and oxygen atoms in total. The zero-order valence-corrected chi connectivity index (χ0v) is 9.55. The Balaban J connectivity index is 3.09. The smallest absolute Gasteiger partial charge is 0.416 e. The molecule has 0 aliphatic carbocycles. The van der Waals surface area contributed by atoms with Crippen molar-refractivity contribution < 1.29 is 22.3 Å². The van der Waals surface area contributed by atoms with E-state index in [0.717, 1.165) is 0 Å². The number of hydrogen-bond donors (Lipinski definition) is 0. The van der Waals surface area contributed by atoms with Crippen LogP contribution in [0, 0.1) is 5.82 Å². The molecule has 8 heteroatoms. The molecule has 1 aromatic carbocycles. The molecule has 0 heterocycles. The van der Waals surface area contributed by atoms with Crippen LogP contribution in [0.15, 0.2) is 18.2 Å². The molecule has 0 saturated carbocycles. The molecule has 0 aliphatic heterocycles. The summed E-state index contributed by atoms with van der Waals surface area (Å²) in [5.41, 5.74) is -1.23. The van der Waals surface area contributed by atoms with Gasteiger partial charge < -0.3 is 4.74 Å². The summed E-state index contributed by atoms with van der Waals surface area (Å²) < 4.78 is 51.8. The molecule has 0 bridgehead atoms. The van der Waals surface area contributed by atoms with Crippen molar-refractivity contribution in [3.63, 3.8) is 0 Å². The predicted octanol–water partition coefficient (Wildman–Crippen LogP) is 4.55. The number of benzene rings is 1. The topological polar surface area (TPSA) is 9.23 Å². The van der Waals surface area contributed by atoms with Crippen LogP contribution in [0.5, 0.6) is 5.75 Å². The lowest BCUT2D eigenvalue weighted by Crippen LogP contribution is -2.14. The van der Waals surface area contributed by atoms with Gasteiger partial charge in [-0.25, -0.2) is 4.39 Å². The standard InChI is InChI=1S/C8H3Cl3F4O/c9-8(10,11)16-6-2-4(7(13,14)15)1-5(12)3-6/h1-3H. The van der Waals surface area contributed by atoms with Crippen LogP contribution in [0.2, 0.25) is 0 Å². The zero-order valence-electron chi connectivity index (χ0n) is 7.29. The van der Waals surface area contributed by atoms with Gasteiger partial charge in [-0.05, 0) is 46.9 Å². The van der Waals surface area contributed by atoms with Crippen molar-refractivity contribution in [1.29, 1.82) is 0 Å². The van der Waals surface area contributed by atoms with Crippen LogP contribution in [-0.4, -0.2) is 3.98 Å². The van der Waals surface area contributed by atoms with Crippen LogP contribution < -0.4 is 4.74 Å². The second-order valence-electron chi connectivity index (χ2n) is 2.72. The lowest BCUT2D eigenvalue weighted by molar-refractivity contribution is -0.137. The molecular weight excluding hydrogens is 294 g/mol. The minimum atomic E-state index is -4.70. The van der Waals surface area contributed by atoms with E-state index in [1.165, 1.54) is 0 Å². The van der Waals surface area contributed by atoms with Gasteiger partial charge in [-0.15, -0.1) is 0 Å². The fourth-order valence-electron chi connectivity index (χ4n) is 0.919. The summed E-state index contributed by atoms with van der Waals surface area (Å²) in [5.74, 6) is -1.66. The van der Waals surface area contributed by atoms with E-state index >= 15 is 0 Å². The van der Waals surface area contributed by atoms with Crippen LogP contribution in [0.25, 0.3) is 0 Å². The second kappa shape index (κ2) is 4.47. The Kier molecular flexibility index (Phi) is 3.82. The van der Waals surface area contributed by atoms with E-state index in [0.29, 0.717) is 18.2 Å². The number of rotatable bonds is 1. The number of halogens is 7. The Labute approximate surface area is 103 Å². The summed E-state index contributed by atoms with van der Waals surface area (Å²) in [7, 11) is 0. The molecule has 0 fully saturated rings. The van der Waals surface area contributed by atoms with Gasteiger partial charge in [0.2, 0.25) is 0 Å². The largest absolute Gasteiger partial charge is 0.445 e. The maximum atomic E-state index is 12.8. The molecule has 90 valence electrons. The summed E-state index contributed by atoms with van der Waals surface area (Å²) in [4.78, 5) is 0. The minimum absolute atomic E-state index is 0.311. The Morgan fingerprint density at radius 2 is 1.56 bits per heavy atom. The molecule has 0 amide bonds. The second-order valence-corrected chi connectivity index (χ2v) is 4.90. The molecule has 16 heavy (non-hydrogen) atoms. The molecule has 1 rings (SSSR count). The molecule has 0 saturated heterocycles. The molecule has 0 unspecified atom stereocenters. The highest BCUT2D eigenvalue weighted by molar-refractivity contribution is 6.66. The third kappa shape index (κ3) is 4.23. The molecule has 0 aliphatic rings. The Bertz CT molecular complexity index is 386. The van der Waals surface area contributed by atoms with Crippen molar-refractivity contribution in [2.45, 2.75) is 10.2 Å². The van der Waals surface area contributed by atoms with Crippen molar-refractivity contribution >= 4 is 34.8 Å². The van der Waals surface area contributed by atoms with E-state index < -0.39 is 27.3 Å². The first-order chi connectivity index (χ1) is 7.08. The van der Waals surface area contributed by atoms with E-state index in [9.17, 15) is 17.6 Å². The summed E-state index contributed by atoms with van der Waals surface area (Å²) in [5, 5.41) is 0. The molecule has 0 radical (unpaired) electrons. The van der Waals surface area contributed by atoms with E-state index in [2.05, 4.69) is 4.74 Å². The molecular formula is C8H3Cl3F4O. The quantitative estimate of drug-likeness (QED) is 0.546. The van der Waals surface area contributed by atoms with E-state index in [-0.39, 0.29) is 0 Å². The molecule has 1 aromatic rings. The van der Waals surface area contributed by atoms with Gasteiger partial charge in [-0.1, -0.05) is 0 Å². The van der Waals surface area contributed by atoms with Gasteiger partial charge >= 0.3 is 10.2 Å². The highest BCUT2D eigenvalue weighted by atomic mass is 35.6. The van der Waals surface area contributed by atoms with Gasteiger partial charge in [-0.3, -0.25) is 0 Å². The maximum Gasteiger partial charge on any atom is 0.416 e. The average Bonchev–Trinajstić information content (AvgIpc) is 1.97. The number of hydrogen-bond acceptors (Lipinski definition) is 1. The van der Waals surface area contributed by atoms with E-state index in [4.69, 9.17) is 34.8 Å². The Morgan fingerprint density at radius 1 is 1.00 bits per heavy atom. The lowest BCUT2D eigenvalue weighted by Gasteiger charge is -2.15. The Morgan fingerprint density at radius 3 is 2.00 bits per heavy atom. The van der Waals surface area contributed by atoms with Crippen LogP contribution in [0.4, 0.5) is 17.6 Å².